The van der Waals surface area contributed by atoms with E-state index in [0.717, 1.165) is 12.2 Å². The van der Waals surface area contributed by atoms with Gasteiger partial charge in [0.05, 0.1) is 20.9 Å². The molecule has 146 valence electrons. The van der Waals surface area contributed by atoms with Crippen LogP contribution in [0.4, 0.5) is 11.4 Å². The van der Waals surface area contributed by atoms with E-state index < -0.39 is 10.8 Å². The maximum absolute atomic E-state index is 12.5. The first kappa shape index (κ1) is 19.7. The van der Waals surface area contributed by atoms with Crippen LogP contribution < -0.4 is 11.0 Å². The molecule has 0 saturated heterocycles. The number of rotatable bonds is 7. The number of aromatic amines is 2. The summed E-state index contributed by atoms with van der Waals surface area (Å²) < 4.78 is 0. The molecule has 1 heterocycles. The number of benzene rings is 2. The molecule has 0 saturated carbocycles. The van der Waals surface area contributed by atoms with Crippen LogP contribution in [-0.2, 0) is 0 Å². The summed E-state index contributed by atoms with van der Waals surface area (Å²) in [5, 5.41) is 14.1. The average molecular weight is 400 g/mol. The van der Waals surface area contributed by atoms with Gasteiger partial charge in [-0.1, -0.05) is 13.8 Å². The molecule has 0 unspecified atom stereocenters. The van der Waals surface area contributed by atoms with Crippen LogP contribution in [0.15, 0.2) is 46.1 Å². The van der Waals surface area contributed by atoms with Crippen LogP contribution in [0.25, 0.3) is 11.0 Å². The number of nitrogens with one attached hydrogen (secondary N) is 3. The van der Waals surface area contributed by atoms with E-state index in [1.54, 1.807) is 30.3 Å². The average Bonchev–Trinajstić information content (AvgIpc) is 3.00. The fraction of sp³-hybridized carbons (Fsp3) is 0.263. The fourth-order valence-electron chi connectivity index (χ4n) is 2.64. The van der Waals surface area contributed by atoms with Crippen LogP contribution >= 0.6 is 11.8 Å². The van der Waals surface area contributed by atoms with Crippen molar-refractivity contribution in [2.75, 3.05) is 11.1 Å². The van der Waals surface area contributed by atoms with E-state index in [4.69, 9.17) is 0 Å². The summed E-state index contributed by atoms with van der Waals surface area (Å²) >= 11 is 1.42. The number of hydrogen-bond donors (Lipinski definition) is 3. The Balaban J connectivity index is 1.79. The second kappa shape index (κ2) is 8.30. The second-order valence-electron chi connectivity index (χ2n) is 6.76. The Bertz CT molecular complexity index is 1090. The summed E-state index contributed by atoms with van der Waals surface area (Å²) in [6.07, 6.45) is 0.952. The number of hydrogen-bond acceptors (Lipinski definition) is 5. The molecule has 3 N–H and O–H groups in total. The van der Waals surface area contributed by atoms with Crippen molar-refractivity contribution in [2.45, 2.75) is 25.2 Å². The van der Waals surface area contributed by atoms with E-state index in [9.17, 15) is 19.7 Å². The number of aromatic nitrogens is 2. The van der Waals surface area contributed by atoms with Crippen molar-refractivity contribution >= 4 is 40.1 Å². The molecule has 9 heteroatoms. The highest BCUT2D eigenvalue weighted by atomic mass is 32.2. The molecule has 0 radical (unpaired) electrons. The molecule has 0 fully saturated rings. The first-order valence-corrected chi connectivity index (χ1v) is 9.76. The van der Waals surface area contributed by atoms with Crippen LogP contribution in [0.2, 0.25) is 0 Å². The van der Waals surface area contributed by atoms with Gasteiger partial charge >= 0.3 is 5.69 Å². The fourth-order valence-corrected chi connectivity index (χ4v) is 3.90. The predicted octanol–water partition coefficient (Wildman–Crippen LogP) is 4.15. The van der Waals surface area contributed by atoms with Gasteiger partial charge in [0.15, 0.2) is 0 Å². The van der Waals surface area contributed by atoms with Gasteiger partial charge in [-0.2, -0.15) is 0 Å². The SMILES string of the molecule is CC(C)CCSc1ccc(C(=O)Nc2ccc3[nH]c(=O)[nH]c3c2)cc1[N+](=O)[O-]. The third-order valence-electron chi connectivity index (χ3n) is 4.14. The molecule has 28 heavy (non-hydrogen) atoms. The summed E-state index contributed by atoms with van der Waals surface area (Å²) in [6, 6.07) is 9.43. The highest BCUT2D eigenvalue weighted by Gasteiger charge is 2.18. The number of nitrogens with zero attached hydrogens (tertiary/aromatic N) is 1. The van der Waals surface area contributed by atoms with E-state index in [1.807, 2.05) is 0 Å². The molecule has 0 aliphatic rings. The topological polar surface area (TPSA) is 121 Å². The van der Waals surface area contributed by atoms with E-state index in [2.05, 4.69) is 29.1 Å². The Morgan fingerprint density at radius 1 is 1.18 bits per heavy atom. The Morgan fingerprint density at radius 2 is 1.93 bits per heavy atom. The standard InChI is InChI=1S/C19H20N4O4S/c1-11(2)7-8-28-17-6-3-12(9-16(17)23(26)27)18(24)20-13-4-5-14-15(10-13)22-19(25)21-14/h3-6,9-11H,7-8H2,1-2H3,(H,20,24)(H2,21,22,25). The molecule has 0 atom stereocenters. The van der Waals surface area contributed by atoms with Crippen LogP contribution in [0.5, 0.6) is 0 Å². The monoisotopic (exact) mass is 400 g/mol. The molecule has 1 amide bonds. The first-order chi connectivity index (χ1) is 13.3. The van der Waals surface area contributed by atoms with Crippen LogP contribution in [0.1, 0.15) is 30.6 Å². The molecule has 8 nitrogen and oxygen atoms in total. The van der Waals surface area contributed by atoms with Gasteiger partial charge in [-0.25, -0.2) is 4.79 Å². The van der Waals surface area contributed by atoms with Gasteiger partial charge in [0.1, 0.15) is 0 Å². The number of anilines is 1. The number of nitro groups is 1. The number of amides is 1. The molecule has 0 bridgehead atoms. The lowest BCUT2D eigenvalue weighted by molar-refractivity contribution is -0.387. The summed E-state index contributed by atoms with van der Waals surface area (Å²) in [6.45, 7) is 4.20. The molecule has 0 aliphatic heterocycles. The van der Waals surface area contributed by atoms with Gasteiger partial charge in [0.25, 0.3) is 11.6 Å². The highest BCUT2D eigenvalue weighted by molar-refractivity contribution is 7.99. The van der Waals surface area contributed by atoms with E-state index in [0.29, 0.717) is 27.5 Å². The molecule has 1 aromatic heterocycles. The number of thioether (sulfide) groups is 1. The number of fused-ring (bicyclic) bond motifs is 1. The smallest absolute Gasteiger partial charge is 0.322 e. The van der Waals surface area contributed by atoms with Gasteiger partial charge in [0.2, 0.25) is 0 Å². The quantitative estimate of drug-likeness (QED) is 0.312. The van der Waals surface area contributed by atoms with E-state index >= 15 is 0 Å². The number of carbonyl (C=O) groups is 1. The van der Waals surface area contributed by atoms with Gasteiger partial charge < -0.3 is 15.3 Å². The van der Waals surface area contributed by atoms with Crippen molar-refractivity contribution in [3.63, 3.8) is 0 Å². The van der Waals surface area contributed by atoms with Crippen LogP contribution in [-0.4, -0.2) is 26.6 Å². The zero-order chi connectivity index (χ0) is 20.3. The molecule has 0 aliphatic carbocycles. The normalized spacial score (nSPS) is 11.1. The van der Waals surface area contributed by atoms with Gasteiger partial charge in [-0.15, -0.1) is 11.8 Å². The third-order valence-corrected chi connectivity index (χ3v) is 5.24. The summed E-state index contributed by atoms with van der Waals surface area (Å²) in [5.41, 5.74) is 1.45. The van der Waals surface area contributed by atoms with E-state index in [1.165, 1.54) is 17.8 Å². The zero-order valence-corrected chi connectivity index (χ0v) is 16.3. The zero-order valence-electron chi connectivity index (χ0n) is 15.4. The lowest BCUT2D eigenvalue weighted by Crippen LogP contribution is -2.12. The van der Waals surface area contributed by atoms with Crippen molar-refractivity contribution < 1.29 is 9.72 Å². The maximum Gasteiger partial charge on any atom is 0.323 e. The first-order valence-electron chi connectivity index (χ1n) is 8.78. The summed E-state index contributed by atoms with van der Waals surface area (Å²) in [4.78, 5) is 40.6. The molecule has 0 spiro atoms. The minimum Gasteiger partial charge on any atom is -0.322 e. The Labute approximate surface area is 164 Å². The Hall–Kier alpha value is -3.07. The lowest BCUT2D eigenvalue weighted by Gasteiger charge is -2.08. The number of imidazole rings is 1. The second-order valence-corrected chi connectivity index (χ2v) is 7.90. The largest absolute Gasteiger partial charge is 0.323 e. The Kier molecular flexibility index (Phi) is 5.84. The summed E-state index contributed by atoms with van der Waals surface area (Å²) in [5.74, 6) is 0.835. The minimum atomic E-state index is -0.467. The highest BCUT2D eigenvalue weighted by Crippen LogP contribution is 2.31. The number of nitro benzene ring substituents is 1. The molecule has 3 rings (SSSR count). The molecule has 3 aromatic rings. The predicted molar refractivity (Wildman–Crippen MR) is 110 cm³/mol. The van der Waals surface area contributed by atoms with Crippen molar-refractivity contribution in [2.24, 2.45) is 5.92 Å². The van der Waals surface area contributed by atoms with Crippen molar-refractivity contribution in [1.82, 2.24) is 9.97 Å². The number of H-pyrrole nitrogens is 2. The third kappa shape index (κ3) is 4.61. The van der Waals surface area contributed by atoms with Gasteiger partial charge in [0, 0.05) is 17.3 Å². The summed E-state index contributed by atoms with van der Waals surface area (Å²) in [7, 11) is 0. The number of carbonyl (C=O) groups excluding carboxylic acids is 1. The molecule has 2 aromatic carbocycles. The Morgan fingerprint density at radius 3 is 2.64 bits per heavy atom. The van der Waals surface area contributed by atoms with Crippen molar-refractivity contribution in [1.29, 1.82) is 0 Å². The van der Waals surface area contributed by atoms with Crippen LogP contribution in [0.3, 0.4) is 0 Å². The minimum absolute atomic E-state index is 0.0770. The van der Waals surface area contributed by atoms with Crippen molar-refractivity contribution in [3.05, 3.63) is 62.6 Å². The maximum atomic E-state index is 12.5. The van der Waals surface area contributed by atoms with Crippen molar-refractivity contribution in [3.8, 4) is 0 Å². The molecular weight excluding hydrogens is 380 g/mol. The molecular formula is C19H20N4O4S. The van der Waals surface area contributed by atoms with Crippen LogP contribution in [0, 0.1) is 16.0 Å². The lowest BCUT2D eigenvalue weighted by atomic mass is 10.2. The van der Waals surface area contributed by atoms with E-state index in [-0.39, 0.29) is 16.9 Å². The van der Waals surface area contributed by atoms with Gasteiger partial charge in [-0.3, -0.25) is 14.9 Å². The van der Waals surface area contributed by atoms with Gasteiger partial charge in [-0.05, 0) is 48.4 Å².